The van der Waals surface area contributed by atoms with Gasteiger partial charge in [0.15, 0.2) is 0 Å². The lowest BCUT2D eigenvalue weighted by molar-refractivity contribution is -0.688. The molecule has 3 rings (SSSR count). The van der Waals surface area contributed by atoms with Gasteiger partial charge in [0.05, 0.1) is 13.1 Å². The summed E-state index contributed by atoms with van der Waals surface area (Å²) >= 11 is 0. The number of carbonyl (C=O) groups is 6. The van der Waals surface area contributed by atoms with Crippen molar-refractivity contribution in [3.63, 3.8) is 0 Å². The average Bonchev–Trinajstić information content (AvgIpc) is 3.72. The highest BCUT2D eigenvalue weighted by molar-refractivity contribution is 6.06. The van der Waals surface area contributed by atoms with Crippen LogP contribution in [0.3, 0.4) is 0 Å². The van der Waals surface area contributed by atoms with E-state index in [1.807, 2.05) is 77.0 Å². The van der Waals surface area contributed by atoms with E-state index in [0.29, 0.717) is 52.1 Å². The van der Waals surface area contributed by atoms with Gasteiger partial charge in [-0.15, -0.1) is 0 Å². The molecule has 1 aromatic carbocycles. The minimum atomic E-state index is -1.01. The van der Waals surface area contributed by atoms with Crippen LogP contribution in [0.15, 0.2) is 61.7 Å². The second kappa shape index (κ2) is 21.3. The number of hydrogen-bond donors (Lipinski definition) is 10. The Morgan fingerprint density at radius 1 is 0.569 bits per heavy atom. The molecule has 314 valence electrons. The van der Waals surface area contributed by atoms with E-state index in [-0.39, 0.29) is 0 Å². The zero-order chi connectivity index (χ0) is 42.9. The normalized spacial score (nSPS) is 11.0. The number of amides is 10. The van der Waals surface area contributed by atoms with Gasteiger partial charge in [0.1, 0.15) is 49.1 Å². The largest absolute Gasteiger partial charge is 0.443 e. The number of alkyl carbamates (subject to hydrolysis) is 2. The number of aryl methyl sites for hydroxylation is 2. The molecule has 0 aliphatic rings. The molecule has 10 N–H and O–H groups in total. The number of carbonyl (C=O) groups excluding carboxylic acids is 6. The van der Waals surface area contributed by atoms with Gasteiger partial charge >= 0.3 is 36.3 Å². The molecule has 0 radical (unpaired) electrons. The van der Waals surface area contributed by atoms with Gasteiger partial charge in [-0.2, -0.15) is 0 Å². The van der Waals surface area contributed by atoms with E-state index < -0.39 is 59.4 Å². The Hall–Kier alpha value is -7.00. The maximum absolute atomic E-state index is 12.1. The summed E-state index contributed by atoms with van der Waals surface area (Å²) in [5.41, 5.74) is 0.640. The molecule has 0 saturated heterocycles. The molecule has 3 aromatic rings. The maximum atomic E-state index is 12.1. The molecule has 10 amide bonds. The first-order valence-electron chi connectivity index (χ1n) is 18.3. The Kier molecular flexibility index (Phi) is 16.7. The van der Waals surface area contributed by atoms with Crippen LogP contribution in [0.4, 0.5) is 28.8 Å². The first kappa shape index (κ1) is 45.4. The van der Waals surface area contributed by atoms with Crippen molar-refractivity contribution >= 4 is 48.2 Å². The second-order valence-corrected chi connectivity index (χ2v) is 14.8. The number of benzene rings is 1. The number of imide groups is 2. The Labute approximate surface area is 335 Å². The van der Waals surface area contributed by atoms with Crippen molar-refractivity contribution in [2.75, 3.05) is 13.1 Å². The lowest BCUT2D eigenvalue weighted by Crippen LogP contribution is -2.51. The lowest BCUT2D eigenvalue weighted by atomic mass is 10.1. The summed E-state index contributed by atoms with van der Waals surface area (Å²) in [6.07, 6.45) is 11.0. The van der Waals surface area contributed by atoms with E-state index in [1.165, 1.54) is 0 Å². The van der Waals surface area contributed by atoms with Crippen molar-refractivity contribution in [3.05, 3.63) is 72.8 Å². The quantitative estimate of drug-likeness (QED) is 0.0555. The summed E-state index contributed by atoms with van der Waals surface area (Å²) in [7, 11) is 0. The van der Waals surface area contributed by atoms with Crippen LogP contribution < -0.4 is 51.7 Å². The molecule has 0 atom stereocenters. The highest BCUT2D eigenvalue weighted by atomic mass is 16.6. The number of aromatic nitrogens is 4. The smallest absolute Gasteiger partial charge is 0.415 e. The zero-order valence-electron chi connectivity index (χ0n) is 33.5. The molecule has 0 bridgehead atoms. The van der Waals surface area contributed by atoms with Gasteiger partial charge in [-0.25, -0.2) is 57.7 Å². The lowest BCUT2D eigenvalue weighted by Gasteiger charge is -2.19. The third-order valence-electron chi connectivity index (χ3n) is 7.19. The molecule has 0 spiro atoms. The first-order valence-corrected chi connectivity index (χ1v) is 18.3. The van der Waals surface area contributed by atoms with Gasteiger partial charge in [-0.1, -0.05) is 24.3 Å². The van der Waals surface area contributed by atoms with Crippen LogP contribution >= 0.6 is 0 Å². The van der Waals surface area contributed by atoms with E-state index in [0.717, 1.165) is 11.1 Å². The van der Waals surface area contributed by atoms with Crippen molar-refractivity contribution in [2.45, 2.75) is 91.8 Å². The fourth-order valence-corrected chi connectivity index (χ4v) is 4.89. The molecule has 2 heterocycles. The molecular formula is C36H54N14O8+2. The highest BCUT2D eigenvalue weighted by Gasteiger charge is 2.20. The van der Waals surface area contributed by atoms with E-state index in [1.54, 1.807) is 41.5 Å². The number of guanidine groups is 2. The Bertz CT molecular complexity index is 1790. The Morgan fingerprint density at radius 3 is 1.26 bits per heavy atom. The Morgan fingerprint density at radius 2 is 0.914 bits per heavy atom. The van der Waals surface area contributed by atoms with Crippen LogP contribution in [0.1, 0.15) is 65.5 Å². The SMILES string of the molecule is CC(C)(C)OC(=O)NC(=O)NC(=N)NC(=O)NCCCn1cc[n+](Cc2ccc(C[n+]3ccn(CCCNC(=O)NC(=N)NC(=O)NC(=O)OC(C)(C)C)c3)cc2)c1. The molecule has 22 heteroatoms. The molecule has 0 aliphatic heterocycles. The Balaban J connectivity index is 1.28. The third kappa shape index (κ3) is 19.0. The number of urea groups is 4. The number of imidazole rings is 2. The van der Waals surface area contributed by atoms with Crippen LogP contribution in [0.5, 0.6) is 0 Å². The predicted octanol–water partition coefficient (Wildman–Crippen LogP) is 1.68. The van der Waals surface area contributed by atoms with E-state index in [4.69, 9.17) is 20.3 Å². The second-order valence-electron chi connectivity index (χ2n) is 14.8. The molecule has 0 unspecified atom stereocenters. The van der Waals surface area contributed by atoms with Crippen molar-refractivity contribution in [2.24, 2.45) is 0 Å². The zero-order valence-corrected chi connectivity index (χ0v) is 33.5. The van der Waals surface area contributed by atoms with Gasteiger partial charge in [-0.05, 0) is 52.7 Å². The van der Waals surface area contributed by atoms with Gasteiger partial charge in [0, 0.05) is 25.9 Å². The van der Waals surface area contributed by atoms with Crippen LogP contribution in [0.2, 0.25) is 0 Å². The van der Waals surface area contributed by atoms with Crippen molar-refractivity contribution in [1.29, 1.82) is 10.8 Å². The summed E-state index contributed by atoms with van der Waals surface area (Å²) < 4.78 is 18.0. The summed E-state index contributed by atoms with van der Waals surface area (Å²) in [4.78, 5) is 71.0. The number of rotatable bonds is 12. The molecule has 0 aliphatic carbocycles. The van der Waals surface area contributed by atoms with Crippen molar-refractivity contribution in [1.82, 2.24) is 51.7 Å². The summed E-state index contributed by atoms with van der Waals surface area (Å²) in [6, 6.07) is 4.92. The number of nitrogens with zero attached hydrogens (tertiary/aromatic N) is 4. The van der Waals surface area contributed by atoms with Gasteiger partial charge in [-0.3, -0.25) is 32.1 Å². The van der Waals surface area contributed by atoms with Crippen molar-refractivity contribution in [3.8, 4) is 0 Å². The first-order chi connectivity index (χ1) is 27.2. The predicted molar refractivity (Wildman–Crippen MR) is 207 cm³/mol. The molecule has 22 nitrogen and oxygen atoms in total. The maximum Gasteiger partial charge on any atom is 0.415 e. The standard InChI is InChI=1S/C36H52N14O8/c1-35(2,3)57-33(55)45-31(53)43-27(37)41-29(51)39-13-7-15-47-17-19-49(23-47)21-25-9-11-26(12-10-25)22-50-20-18-48(24-50)16-8-14-40-30(52)42-28(38)44-32(54)46-34(56)58-36(4,5)6/h9-12,17-20,23-24H,7-8,13-16,21-22H2,1-6H3,(H8-2,37,38,39,40,41,42,43,44,45,46,51,52,53,54,55,56)/p+2. The molecule has 0 fully saturated rings. The van der Waals surface area contributed by atoms with Gasteiger partial charge < -0.3 is 20.1 Å². The van der Waals surface area contributed by atoms with Crippen LogP contribution in [0.25, 0.3) is 0 Å². The molecular weight excluding hydrogens is 756 g/mol. The fourth-order valence-electron chi connectivity index (χ4n) is 4.89. The van der Waals surface area contributed by atoms with Gasteiger partial charge in [0.25, 0.3) is 0 Å². The van der Waals surface area contributed by atoms with Gasteiger partial charge in [0.2, 0.25) is 24.6 Å². The summed E-state index contributed by atoms with van der Waals surface area (Å²) in [5, 5.41) is 32.8. The minimum absolute atomic E-state index is 0.316. The summed E-state index contributed by atoms with van der Waals surface area (Å²) in [6.45, 7) is 13.1. The summed E-state index contributed by atoms with van der Waals surface area (Å²) in [5.74, 6) is -1.21. The van der Waals surface area contributed by atoms with E-state index >= 15 is 0 Å². The van der Waals surface area contributed by atoms with Crippen LogP contribution in [-0.2, 0) is 35.7 Å². The topological polar surface area (TPSA) is 282 Å². The number of nitrogens with one attached hydrogen (secondary N) is 10. The molecule has 0 saturated carbocycles. The fraction of sp³-hybridized carbons (Fsp3) is 0.444. The molecule has 58 heavy (non-hydrogen) atoms. The molecule has 2 aromatic heterocycles. The highest BCUT2D eigenvalue weighted by Crippen LogP contribution is 2.07. The van der Waals surface area contributed by atoms with Crippen LogP contribution in [0, 0.1) is 10.8 Å². The number of ether oxygens (including phenoxy) is 2. The minimum Gasteiger partial charge on any atom is -0.443 e. The monoisotopic (exact) mass is 810 g/mol. The average molecular weight is 811 g/mol. The van der Waals surface area contributed by atoms with Crippen molar-refractivity contribution < 1.29 is 47.4 Å². The third-order valence-corrected chi connectivity index (χ3v) is 7.19. The number of hydrogen-bond acceptors (Lipinski definition) is 10. The van der Waals surface area contributed by atoms with E-state index in [2.05, 4.69) is 45.5 Å². The van der Waals surface area contributed by atoms with E-state index in [9.17, 15) is 28.8 Å². The van der Waals surface area contributed by atoms with Crippen LogP contribution in [-0.4, -0.2) is 81.7 Å².